The highest BCUT2D eigenvalue weighted by molar-refractivity contribution is 7.13. The van der Waals surface area contributed by atoms with E-state index in [1.807, 2.05) is 0 Å². The smallest absolute Gasteiger partial charge is 0.270 e. The molecule has 0 saturated carbocycles. The van der Waals surface area contributed by atoms with Crippen molar-refractivity contribution in [3.05, 3.63) is 52.6 Å². The molecule has 1 aliphatic carbocycles. The predicted octanol–water partition coefficient (Wildman–Crippen LogP) is 3.56. The van der Waals surface area contributed by atoms with E-state index in [1.54, 1.807) is 24.6 Å². The average Bonchev–Trinajstić information content (AvgIpc) is 3.32. The molecule has 0 spiro atoms. The number of aromatic amines is 1. The van der Waals surface area contributed by atoms with Gasteiger partial charge in [-0.2, -0.15) is 5.10 Å². The summed E-state index contributed by atoms with van der Waals surface area (Å²) in [7, 11) is 1.59. The zero-order chi connectivity index (χ0) is 19.5. The Morgan fingerprint density at radius 2 is 2.14 bits per heavy atom. The number of H-pyrrole nitrogens is 1. The van der Waals surface area contributed by atoms with Crippen LogP contribution in [-0.4, -0.2) is 41.2 Å². The molecule has 0 radical (unpaired) electrons. The van der Waals surface area contributed by atoms with Gasteiger partial charge in [0, 0.05) is 24.0 Å². The van der Waals surface area contributed by atoms with Crippen LogP contribution in [-0.2, 0) is 0 Å². The predicted molar refractivity (Wildman–Crippen MR) is 109 cm³/mol. The first-order valence-corrected chi connectivity index (χ1v) is 10.3. The molecule has 0 bridgehead atoms. The molecule has 1 saturated heterocycles. The van der Waals surface area contributed by atoms with E-state index in [0.717, 1.165) is 53.5 Å². The Bertz CT molecular complexity index is 965. The van der Waals surface area contributed by atoms with Crippen molar-refractivity contribution in [2.24, 2.45) is 0 Å². The Labute approximate surface area is 166 Å². The summed E-state index contributed by atoms with van der Waals surface area (Å²) in [6.45, 7) is 1.92. The first kappa shape index (κ1) is 18.8. The molecule has 6 nitrogen and oxygen atoms in total. The number of piperidine rings is 1. The zero-order valence-electron chi connectivity index (χ0n) is 15.6. The van der Waals surface area contributed by atoms with Crippen LogP contribution in [0.25, 0.3) is 16.1 Å². The number of hydrogen-bond donors (Lipinski definition) is 3. The lowest BCUT2D eigenvalue weighted by Crippen LogP contribution is -2.27. The number of hydrogen-bond acceptors (Lipinski definition) is 5. The van der Waals surface area contributed by atoms with Crippen LogP contribution in [0.15, 0.2) is 35.5 Å². The summed E-state index contributed by atoms with van der Waals surface area (Å²) in [5, 5.41) is 16.3. The second-order valence-corrected chi connectivity index (χ2v) is 7.71. The molecule has 4 rings (SSSR count). The van der Waals surface area contributed by atoms with E-state index in [0.29, 0.717) is 18.0 Å². The lowest BCUT2D eigenvalue weighted by atomic mass is 9.90. The van der Waals surface area contributed by atoms with Gasteiger partial charge in [0.15, 0.2) is 0 Å². The molecule has 3 heterocycles. The Morgan fingerprint density at radius 1 is 1.32 bits per heavy atom. The molecule has 1 amide bonds. The molecule has 146 valence electrons. The summed E-state index contributed by atoms with van der Waals surface area (Å²) < 4.78 is 13.6. The highest BCUT2D eigenvalue weighted by atomic mass is 32.1. The van der Waals surface area contributed by atoms with Gasteiger partial charge in [-0.3, -0.25) is 9.89 Å². The van der Waals surface area contributed by atoms with E-state index >= 15 is 0 Å². The monoisotopic (exact) mass is 399 g/mol. The van der Waals surface area contributed by atoms with E-state index in [1.165, 1.54) is 23.5 Å². The van der Waals surface area contributed by atoms with Crippen molar-refractivity contribution < 1.29 is 9.18 Å². The molecular formula is C20H22FN5OS. The van der Waals surface area contributed by atoms with Crippen molar-refractivity contribution in [1.29, 1.82) is 0 Å². The average molecular weight is 399 g/mol. The van der Waals surface area contributed by atoms with Gasteiger partial charge in [-0.1, -0.05) is 12.2 Å². The number of rotatable bonds is 4. The highest BCUT2D eigenvalue weighted by Crippen LogP contribution is 2.39. The molecule has 2 aromatic rings. The Balaban J connectivity index is 1.81. The van der Waals surface area contributed by atoms with Crippen LogP contribution in [0.2, 0.25) is 0 Å². The quantitative estimate of drug-likeness (QED) is 0.734. The molecule has 2 aliphatic rings. The number of halogens is 1. The van der Waals surface area contributed by atoms with Gasteiger partial charge in [0.1, 0.15) is 16.5 Å². The topological polar surface area (TPSA) is 82.7 Å². The van der Waals surface area contributed by atoms with Gasteiger partial charge in [-0.15, -0.1) is 11.3 Å². The van der Waals surface area contributed by atoms with Gasteiger partial charge < -0.3 is 10.6 Å². The maximum Gasteiger partial charge on any atom is 0.270 e. The van der Waals surface area contributed by atoms with Crippen LogP contribution in [0.1, 0.15) is 47.1 Å². The van der Waals surface area contributed by atoms with Crippen molar-refractivity contribution in [1.82, 2.24) is 25.8 Å². The fourth-order valence-corrected chi connectivity index (χ4v) is 4.47. The molecular weight excluding hydrogens is 377 g/mol. The van der Waals surface area contributed by atoms with E-state index in [4.69, 9.17) is 0 Å². The largest absolute Gasteiger partial charge is 0.354 e. The molecule has 8 heteroatoms. The number of allylic oxidation sites excluding steroid dienone is 6. The van der Waals surface area contributed by atoms with Crippen LogP contribution in [0.4, 0.5) is 4.39 Å². The number of amides is 1. The third kappa shape index (κ3) is 3.70. The number of nitrogens with one attached hydrogen (secondary N) is 3. The standard InChI is InChI=1S/C20H22FN5OS/c1-22-19(27)15-11-28-20(24-15)16-17(12-3-2-4-14(21)6-5-12)25-26-18(16)13-7-9-23-10-8-13/h2,4-6,11,13,23H,3,7-10H2,1H3,(H,22,27)(H,25,26). The van der Waals surface area contributed by atoms with Crippen molar-refractivity contribution in [2.75, 3.05) is 20.1 Å². The molecule has 28 heavy (non-hydrogen) atoms. The van der Waals surface area contributed by atoms with Gasteiger partial charge in [0.25, 0.3) is 5.91 Å². The maximum atomic E-state index is 13.6. The molecule has 1 fully saturated rings. The zero-order valence-corrected chi connectivity index (χ0v) is 16.4. The van der Waals surface area contributed by atoms with Crippen LogP contribution < -0.4 is 10.6 Å². The number of nitrogens with zero attached hydrogens (tertiary/aromatic N) is 2. The Kier molecular flexibility index (Phi) is 5.50. The minimum absolute atomic E-state index is 0.211. The van der Waals surface area contributed by atoms with E-state index in [2.05, 4.69) is 25.8 Å². The lowest BCUT2D eigenvalue weighted by Gasteiger charge is -2.22. The molecule has 0 atom stereocenters. The summed E-state index contributed by atoms with van der Waals surface area (Å²) in [6.07, 6.45) is 9.10. The normalized spacial score (nSPS) is 17.8. The van der Waals surface area contributed by atoms with E-state index in [9.17, 15) is 9.18 Å². The van der Waals surface area contributed by atoms with Crippen LogP contribution in [0, 0.1) is 0 Å². The number of carbonyl (C=O) groups is 1. The van der Waals surface area contributed by atoms with Gasteiger partial charge in [0.05, 0.1) is 11.3 Å². The van der Waals surface area contributed by atoms with E-state index in [-0.39, 0.29) is 11.7 Å². The summed E-state index contributed by atoms with van der Waals surface area (Å²) in [4.78, 5) is 16.6. The highest BCUT2D eigenvalue weighted by Gasteiger charge is 2.27. The SMILES string of the molecule is CNC(=O)c1csc(-c2c(C3=CC=C(F)C=CC3)n[nH]c2C2CCNCC2)n1. The molecule has 2 aromatic heterocycles. The minimum Gasteiger partial charge on any atom is -0.354 e. The second-order valence-electron chi connectivity index (χ2n) is 6.85. The lowest BCUT2D eigenvalue weighted by molar-refractivity contribution is 0.0959. The van der Waals surface area contributed by atoms with Gasteiger partial charge >= 0.3 is 0 Å². The van der Waals surface area contributed by atoms with Crippen molar-refractivity contribution in [3.63, 3.8) is 0 Å². The van der Waals surface area contributed by atoms with Crippen molar-refractivity contribution >= 4 is 22.8 Å². The van der Waals surface area contributed by atoms with Gasteiger partial charge in [-0.25, -0.2) is 9.37 Å². The fraction of sp³-hybridized carbons (Fsp3) is 0.350. The first-order chi connectivity index (χ1) is 13.7. The second kappa shape index (κ2) is 8.20. The van der Waals surface area contributed by atoms with E-state index < -0.39 is 0 Å². The number of carbonyl (C=O) groups excluding carboxylic acids is 1. The van der Waals surface area contributed by atoms with Crippen LogP contribution >= 0.6 is 11.3 Å². The Hall–Kier alpha value is -2.58. The van der Waals surface area contributed by atoms with Gasteiger partial charge in [0.2, 0.25) is 0 Å². The first-order valence-electron chi connectivity index (χ1n) is 9.37. The van der Waals surface area contributed by atoms with Crippen molar-refractivity contribution in [2.45, 2.75) is 25.2 Å². The summed E-state index contributed by atoms with van der Waals surface area (Å²) in [6, 6.07) is 0. The summed E-state index contributed by atoms with van der Waals surface area (Å²) in [5.41, 5.74) is 4.08. The van der Waals surface area contributed by atoms with Crippen molar-refractivity contribution in [3.8, 4) is 10.6 Å². The van der Waals surface area contributed by atoms with Gasteiger partial charge in [-0.05, 0) is 50.1 Å². The van der Waals surface area contributed by atoms with Crippen LogP contribution in [0.3, 0.4) is 0 Å². The number of aromatic nitrogens is 3. The van der Waals surface area contributed by atoms with Crippen LogP contribution in [0.5, 0.6) is 0 Å². The molecule has 3 N–H and O–H groups in total. The number of thiazole rings is 1. The maximum absolute atomic E-state index is 13.6. The molecule has 0 unspecified atom stereocenters. The summed E-state index contributed by atoms with van der Waals surface area (Å²) in [5.74, 6) is -0.140. The molecule has 1 aliphatic heterocycles. The third-order valence-electron chi connectivity index (χ3n) is 5.08. The fourth-order valence-electron chi connectivity index (χ4n) is 3.61. The Morgan fingerprint density at radius 3 is 2.93 bits per heavy atom. The third-order valence-corrected chi connectivity index (χ3v) is 5.94. The summed E-state index contributed by atoms with van der Waals surface area (Å²) >= 11 is 1.43. The molecule has 0 aromatic carbocycles. The minimum atomic E-state index is -0.276.